The van der Waals surface area contributed by atoms with Crippen LogP contribution in [0.25, 0.3) is 11.0 Å². The molecular weight excluding hydrogens is 413 g/mol. The summed E-state index contributed by atoms with van der Waals surface area (Å²) in [5, 5.41) is 0.759. The van der Waals surface area contributed by atoms with Crippen LogP contribution in [0.15, 0.2) is 42.5 Å². The number of ether oxygens (including phenoxy) is 1. The molecule has 6 heteroatoms. The quantitative estimate of drug-likeness (QED) is 0.423. The molecule has 1 aliphatic heterocycles. The third-order valence-electron chi connectivity index (χ3n) is 5.98. The van der Waals surface area contributed by atoms with Crippen LogP contribution in [-0.2, 0) is 13.1 Å². The largest absolute Gasteiger partial charge is 0.493 e. The first kappa shape index (κ1) is 22.1. The number of imidazole rings is 1. The second-order valence-corrected chi connectivity index (χ2v) is 9.23. The number of benzene rings is 2. The fourth-order valence-corrected chi connectivity index (χ4v) is 4.59. The van der Waals surface area contributed by atoms with Gasteiger partial charge in [-0.2, -0.15) is 0 Å². The van der Waals surface area contributed by atoms with Crippen molar-refractivity contribution in [2.45, 2.75) is 45.7 Å². The Morgan fingerprint density at radius 2 is 1.94 bits per heavy atom. The molecule has 2 aromatic carbocycles. The molecule has 31 heavy (non-hydrogen) atoms. The van der Waals surface area contributed by atoms with E-state index in [4.69, 9.17) is 21.3 Å². The highest BCUT2D eigenvalue weighted by atomic mass is 35.5. The Morgan fingerprint density at radius 3 is 2.68 bits per heavy atom. The van der Waals surface area contributed by atoms with Gasteiger partial charge in [0.25, 0.3) is 0 Å². The minimum absolute atomic E-state index is 0.353. The highest BCUT2D eigenvalue weighted by molar-refractivity contribution is 6.30. The van der Waals surface area contributed by atoms with Crippen molar-refractivity contribution >= 4 is 22.6 Å². The predicted molar refractivity (Wildman–Crippen MR) is 125 cm³/mol. The number of fused-ring (bicyclic) bond motifs is 1. The maximum atomic E-state index is 13.2. The lowest BCUT2D eigenvalue weighted by atomic mass is 9.88. The normalized spacial score (nSPS) is 15.8. The van der Waals surface area contributed by atoms with Crippen molar-refractivity contribution in [1.29, 1.82) is 0 Å². The van der Waals surface area contributed by atoms with E-state index in [1.807, 2.05) is 41.0 Å². The van der Waals surface area contributed by atoms with Crippen molar-refractivity contribution in [2.75, 3.05) is 26.4 Å². The van der Waals surface area contributed by atoms with Crippen LogP contribution in [0.3, 0.4) is 0 Å². The summed E-state index contributed by atoms with van der Waals surface area (Å²) in [5.41, 5.74) is 3.17. The standard InChI is InChI=1S/C25H31ClFN3O/c1-18(2)17-31-24-8-7-20(26)15-21(24)19-9-12-29(13-10-19)16-25-28-22-5-3-4-6-23(22)30(25)14-11-27/h3-8,15,18-19H,9-14,16-17H2,1-2H3. The number of aryl methyl sites for hydroxylation is 1. The highest BCUT2D eigenvalue weighted by Crippen LogP contribution is 2.36. The van der Waals surface area contributed by atoms with Gasteiger partial charge in [0.15, 0.2) is 0 Å². The average molecular weight is 444 g/mol. The molecule has 0 N–H and O–H groups in total. The monoisotopic (exact) mass is 443 g/mol. The number of rotatable bonds is 8. The molecular formula is C25H31ClFN3O. The van der Waals surface area contributed by atoms with Gasteiger partial charge in [0.1, 0.15) is 18.2 Å². The third kappa shape index (κ3) is 5.21. The zero-order valence-corrected chi connectivity index (χ0v) is 19.1. The molecule has 0 unspecified atom stereocenters. The fraction of sp³-hybridized carbons (Fsp3) is 0.480. The number of nitrogens with zero attached hydrogens (tertiary/aromatic N) is 3. The summed E-state index contributed by atoms with van der Waals surface area (Å²) in [6, 6.07) is 14.0. The molecule has 1 aromatic heterocycles. The molecule has 2 heterocycles. The lowest BCUT2D eigenvalue weighted by Crippen LogP contribution is -2.33. The molecule has 1 fully saturated rings. The lowest BCUT2D eigenvalue weighted by molar-refractivity contribution is 0.194. The minimum atomic E-state index is -0.386. The molecule has 0 atom stereocenters. The number of aromatic nitrogens is 2. The van der Waals surface area contributed by atoms with E-state index in [0.717, 1.165) is 60.1 Å². The Labute approximate surface area is 189 Å². The number of piperidine rings is 1. The van der Waals surface area contributed by atoms with Crippen molar-refractivity contribution in [3.8, 4) is 5.75 Å². The fourth-order valence-electron chi connectivity index (χ4n) is 4.41. The maximum absolute atomic E-state index is 13.2. The summed E-state index contributed by atoms with van der Waals surface area (Å²) in [5.74, 6) is 2.82. The molecule has 0 amide bonds. The molecule has 1 saturated heterocycles. The SMILES string of the molecule is CC(C)COc1ccc(Cl)cc1C1CCN(Cc2nc3ccccc3n2CCF)CC1. The molecule has 1 aliphatic rings. The molecule has 4 nitrogen and oxygen atoms in total. The molecule has 0 bridgehead atoms. The number of alkyl halides is 1. The second kappa shape index (κ2) is 10.0. The van der Waals surface area contributed by atoms with Crippen LogP contribution >= 0.6 is 11.6 Å². The van der Waals surface area contributed by atoms with Gasteiger partial charge < -0.3 is 9.30 Å². The van der Waals surface area contributed by atoms with Gasteiger partial charge in [0, 0.05) is 5.02 Å². The number of hydrogen-bond donors (Lipinski definition) is 0. The van der Waals surface area contributed by atoms with Gasteiger partial charge in [-0.3, -0.25) is 4.90 Å². The van der Waals surface area contributed by atoms with Crippen LogP contribution in [-0.4, -0.2) is 40.8 Å². The van der Waals surface area contributed by atoms with E-state index >= 15 is 0 Å². The first-order valence-electron chi connectivity index (χ1n) is 11.2. The lowest BCUT2D eigenvalue weighted by Gasteiger charge is -2.32. The summed E-state index contributed by atoms with van der Waals surface area (Å²) in [6.45, 7) is 7.68. The Bertz CT molecular complexity index is 1010. The molecule has 166 valence electrons. The van der Waals surface area contributed by atoms with Gasteiger partial charge in [0.05, 0.1) is 30.7 Å². The van der Waals surface area contributed by atoms with Crippen LogP contribution in [0, 0.1) is 5.92 Å². The van der Waals surface area contributed by atoms with Gasteiger partial charge in [-0.15, -0.1) is 0 Å². The number of para-hydroxylation sites is 2. The molecule has 0 saturated carbocycles. The van der Waals surface area contributed by atoms with Crippen LogP contribution < -0.4 is 4.74 Å². The van der Waals surface area contributed by atoms with Gasteiger partial charge in [0.2, 0.25) is 0 Å². The van der Waals surface area contributed by atoms with Gasteiger partial charge >= 0.3 is 0 Å². The van der Waals surface area contributed by atoms with E-state index in [-0.39, 0.29) is 6.67 Å². The summed E-state index contributed by atoms with van der Waals surface area (Å²) in [4.78, 5) is 7.21. The molecule has 0 aliphatic carbocycles. The van der Waals surface area contributed by atoms with Crippen molar-refractivity contribution in [3.05, 3.63) is 58.9 Å². The van der Waals surface area contributed by atoms with E-state index in [1.165, 1.54) is 5.56 Å². The molecule has 3 aromatic rings. The van der Waals surface area contributed by atoms with Crippen LogP contribution in [0.4, 0.5) is 4.39 Å². The van der Waals surface area contributed by atoms with Gasteiger partial charge in [-0.25, -0.2) is 9.37 Å². The first-order chi connectivity index (χ1) is 15.0. The average Bonchev–Trinajstić information content (AvgIpc) is 3.11. The number of halogens is 2. The summed E-state index contributed by atoms with van der Waals surface area (Å²) >= 11 is 6.31. The number of hydrogen-bond acceptors (Lipinski definition) is 3. The summed E-state index contributed by atoms with van der Waals surface area (Å²) < 4.78 is 21.3. The highest BCUT2D eigenvalue weighted by Gasteiger charge is 2.25. The van der Waals surface area contributed by atoms with Gasteiger partial charge in [-0.1, -0.05) is 37.6 Å². The van der Waals surface area contributed by atoms with Crippen molar-refractivity contribution < 1.29 is 9.13 Å². The zero-order chi connectivity index (χ0) is 21.8. The molecule has 4 rings (SSSR count). The zero-order valence-electron chi connectivity index (χ0n) is 18.4. The topological polar surface area (TPSA) is 30.3 Å². The van der Waals surface area contributed by atoms with E-state index in [1.54, 1.807) is 0 Å². The smallest absolute Gasteiger partial charge is 0.124 e. The first-order valence-corrected chi connectivity index (χ1v) is 11.6. The van der Waals surface area contributed by atoms with E-state index < -0.39 is 0 Å². The Kier molecular flexibility index (Phi) is 7.13. The Hall–Kier alpha value is -2.11. The van der Waals surface area contributed by atoms with Crippen molar-refractivity contribution in [1.82, 2.24) is 14.5 Å². The van der Waals surface area contributed by atoms with Crippen LogP contribution in [0.1, 0.15) is 44.0 Å². The third-order valence-corrected chi connectivity index (χ3v) is 6.21. The second-order valence-electron chi connectivity index (χ2n) is 8.79. The van der Waals surface area contributed by atoms with Gasteiger partial charge in [-0.05, 0) is 73.7 Å². The summed E-state index contributed by atoms with van der Waals surface area (Å²) in [7, 11) is 0. The van der Waals surface area contributed by atoms with E-state index in [9.17, 15) is 4.39 Å². The predicted octanol–water partition coefficient (Wildman–Crippen LogP) is 6.07. The Balaban J connectivity index is 1.45. The maximum Gasteiger partial charge on any atom is 0.124 e. The van der Waals surface area contributed by atoms with Crippen molar-refractivity contribution in [3.63, 3.8) is 0 Å². The molecule has 0 spiro atoms. The van der Waals surface area contributed by atoms with E-state index in [0.29, 0.717) is 25.0 Å². The van der Waals surface area contributed by atoms with Crippen molar-refractivity contribution in [2.24, 2.45) is 5.92 Å². The number of likely N-dealkylation sites (tertiary alicyclic amines) is 1. The van der Waals surface area contributed by atoms with Crippen LogP contribution in [0.2, 0.25) is 5.02 Å². The molecule has 0 radical (unpaired) electrons. The van der Waals surface area contributed by atoms with E-state index in [2.05, 4.69) is 24.8 Å². The summed E-state index contributed by atoms with van der Waals surface area (Å²) in [6.07, 6.45) is 2.09. The minimum Gasteiger partial charge on any atom is -0.493 e. The van der Waals surface area contributed by atoms with Crippen LogP contribution in [0.5, 0.6) is 5.75 Å². The Morgan fingerprint density at radius 1 is 1.16 bits per heavy atom.